The monoisotopic (exact) mass is 516 g/mol. The molecule has 2 heterocycles. The third kappa shape index (κ3) is 6.80. The number of halogens is 1. The molecule has 1 aliphatic heterocycles. The van der Waals surface area contributed by atoms with Crippen molar-refractivity contribution >= 4 is 56.4 Å². The van der Waals surface area contributed by atoms with Gasteiger partial charge in [-0.1, -0.05) is 13.8 Å². The van der Waals surface area contributed by atoms with E-state index in [1.54, 1.807) is 6.92 Å². The summed E-state index contributed by atoms with van der Waals surface area (Å²) in [6.45, 7) is 10.2. The van der Waals surface area contributed by atoms with E-state index in [9.17, 15) is 8.42 Å². The first-order valence-corrected chi connectivity index (χ1v) is 11.4. The molecule has 0 aromatic carbocycles. The molecule has 0 spiro atoms. The Morgan fingerprint density at radius 1 is 1.23 bits per heavy atom. The van der Waals surface area contributed by atoms with Crippen molar-refractivity contribution in [2.75, 3.05) is 55.7 Å². The summed E-state index contributed by atoms with van der Waals surface area (Å²) in [5.74, 6) is 1.96. The van der Waals surface area contributed by atoms with E-state index in [1.807, 2.05) is 6.92 Å². The third-order valence-corrected chi connectivity index (χ3v) is 6.56. The maximum Gasteiger partial charge on any atom is 0.205 e. The van der Waals surface area contributed by atoms with Crippen molar-refractivity contribution in [3.8, 4) is 0 Å². The number of piperazine rings is 1. The van der Waals surface area contributed by atoms with Crippen LogP contribution in [-0.4, -0.2) is 79.4 Å². The minimum Gasteiger partial charge on any atom is -0.357 e. The number of guanidine groups is 1. The van der Waals surface area contributed by atoms with Crippen LogP contribution in [0.1, 0.15) is 26.6 Å². The molecule has 1 aromatic rings. The maximum atomic E-state index is 11.6. The maximum absolute atomic E-state index is 11.6. The smallest absolute Gasteiger partial charge is 0.205 e. The summed E-state index contributed by atoms with van der Waals surface area (Å²) >= 11 is 1.45. The molecule has 11 heteroatoms. The number of aryl methyl sites for hydroxylation is 1. The number of aliphatic imine (C=N–C) groups is 1. The molecule has 0 radical (unpaired) electrons. The first-order chi connectivity index (χ1) is 12.0. The first kappa shape index (κ1) is 23.3. The minimum absolute atomic E-state index is 0. The largest absolute Gasteiger partial charge is 0.357 e. The van der Waals surface area contributed by atoms with E-state index in [1.165, 1.54) is 11.5 Å². The molecule has 1 aromatic heterocycles. The van der Waals surface area contributed by atoms with E-state index in [2.05, 4.69) is 36.4 Å². The number of sulfone groups is 1. The zero-order valence-corrected chi connectivity index (χ0v) is 19.6. The molecule has 1 aliphatic rings. The molecule has 0 saturated carbocycles. The van der Waals surface area contributed by atoms with Crippen molar-refractivity contribution in [3.63, 3.8) is 0 Å². The highest BCUT2D eigenvalue weighted by Gasteiger charge is 2.22. The average molecular weight is 516 g/mol. The van der Waals surface area contributed by atoms with Gasteiger partial charge in [-0.25, -0.2) is 13.4 Å². The van der Waals surface area contributed by atoms with Crippen LogP contribution in [0.4, 0.5) is 5.13 Å². The number of nitrogens with one attached hydrogen (secondary N) is 1. The van der Waals surface area contributed by atoms with Crippen LogP contribution in [0.5, 0.6) is 0 Å². The van der Waals surface area contributed by atoms with Crippen LogP contribution < -0.4 is 10.2 Å². The number of hydrogen-bond acceptors (Lipinski definition) is 7. The van der Waals surface area contributed by atoms with Gasteiger partial charge in [-0.05, 0) is 6.92 Å². The molecule has 26 heavy (non-hydrogen) atoms. The van der Waals surface area contributed by atoms with Gasteiger partial charge in [0, 0.05) is 56.4 Å². The zero-order chi connectivity index (χ0) is 18.3. The molecule has 150 valence electrons. The SMILES string of the molecule is CCNC(=NCCS(=O)(=O)CC)N1CCN(c2nc(CC)ns2)CC1.I. The summed E-state index contributed by atoms with van der Waals surface area (Å²) in [5.41, 5.74) is 0. The Labute approximate surface area is 177 Å². The predicted molar refractivity (Wildman–Crippen MR) is 119 cm³/mol. The average Bonchev–Trinajstić information content (AvgIpc) is 3.10. The lowest BCUT2D eigenvalue weighted by atomic mass is 10.3. The molecule has 0 atom stereocenters. The Bertz CT molecular complexity index is 671. The van der Waals surface area contributed by atoms with Gasteiger partial charge in [0.05, 0.1) is 12.3 Å². The lowest BCUT2D eigenvalue weighted by Gasteiger charge is -2.36. The highest BCUT2D eigenvalue weighted by Crippen LogP contribution is 2.19. The molecule has 1 fully saturated rings. The summed E-state index contributed by atoms with van der Waals surface area (Å²) in [6, 6.07) is 0. The van der Waals surface area contributed by atoms with Gasteiger partial charge in [-0.3, -0.25) is 4.99 Å². The minimum atomic E-state index is -2.98. The fraction of sp³-hybridized carbons (Fsp3) is 0.800. The number of aromatic nitrogens is 2. The summed E-state index contributed by atoms with van der Waals surface area (Å²) in [7, 11) is -2.98. The quantitative estimate of drug-likeness (QED) is 0.331. The van der Waals surface area contributed by atoms with E-state index < -0.39 is 9.84 Å². The Kier molecular flexibility index (Phi) is 10.1. The Morgan fingerprint density at radius 2 is 1.92 bits per heavy atom. The Hall–Kier alpha value is -0.690. The summed E-state index contributed by atoms with van der Waals surface area (Å²) in [6.07, 6.45) is 0.856. The number of nitrogens with zero attached hydrogens (tertiary/aromatic N) is 5. The van der Waals surface area contributed by atoms with E-state index in [4.69, 9.17) is 0 Å². The van der Waals surface area contributed by atoms with Gasteiger partial charge in [0.15, 0.2) is 15.8 Å². The highest BCUT2D eigenvalue weighted by atomic mass is 127. The first-order valence-electron chi connectivity index (χ1n) is 8.80. The summed E-state index contributed by atoms with van der Waals surface area (Å²) in [4.78, 5) is 13.5. The topological polar surface area (TPSA) is 90.8 Å². The van der Waals surface area contributed by atoms with Gasteiger partial charge in [0.1, 0.15) is 5.82 Å². The van der Waals surface area contributed by atoms with Crippen LogP contribution in [0.3, 0.4) is 0 Å². The third-order valence-electron chi connectivity index (χ3n) is 4.06. The molecule has 8 nitrogen and oxygen atoms in total. The van der Waals surface area contributed by atoms with Gasteiger partial charge >= 0.3 is 0 Å². The molecule has 2 rings (SSSR count). The Balaban J connectivity index is 0.00000338. The highest BCUT2D eigenvalue weighted by molar-refractivity contribution is 14.0. The van der Waals surface area contributed by atoms with Crippen LogP contribution in [0.25, 0.3) is 0 Å². The van der Waals surface area contributed by atoms with Gasteiger partial charge < -0.3 is 15.1 Å². The van der Waals surface area contributed by atoms with E-state index >= 15 is 0 Å². The van der Waals surface area contributed by atoms with Crippen molar-refractivity contribution in [2.45, 2.75) is 27.2 Å². The molecule has 0 bridgehead atoms. The van der Waals surface area contributed by atoms with Crippen LogP contribution in [-0.2, 0) is 16.3 Å². The van der Waals surface area contributed by atoms with Gasteiger partial charge in [-0.2, -0.15) is 4.37 Å². The molecule has 0 unspecified atom stereocenters. The van der Waals surface area contributed by atoms with Gasteiger partial charge in [0.25, 0.3) is 0 Å². The second-order valence-corrected chi connectivity index (χ2v) is 9.00. The summed E-state index contributed by atoms with van der Waals surface area (Å²) in [5, 5.41) is 4.24. The molecular formula is C15H29IN6O2S2. The zero-order valence-electron chi connectivity index (χ0n) is 15.6. The number of anilines is 1. The second-order valence-electron chi connectivity index (χ2n) is 5.79. The fourth-order valence-corrected chi connectivity index (χ4v) is 3.95. The van der Waals surface area contributed by atoms with Crippen LogP contribution in [0.15, 0.2) is 4.99 Å². The van der Waals surface area contributed by atoms with Crippen LogP contribution >= 0.6 is 35.5 Å². The van der Waals surface area contributed by atoms with E-state index in [-0.39, 0.29) is 35.5 Å². The molecule has 0 amide bonds. The Morgan fingerprint density at radius 3 is 2.46 bits per heavy atom. The molecule has 0 aliphatic carbocycles. The van der Waals surface area contributed by atoms with Crippen LogP contribution in [0, 0.1) is 0 Å². The molecule has 1 saturated heterocycles. The van der Waals surface area contributed by atoms with Crippen LogP contribution in [0.2, 0.25) is 0 Å². The van der Waals surface area contributed by atoms with Gasteiger partial charge in [-0.15, -0.1) is 24.0 Å². The predicted octanol–water partition coefficient (Wildman–Crippen LogP) is 1.24. The van der Waals surface area contributed by atoms with Crippen molar-refractivity contribution in [3.05, 3.63) is 5.82 Å². The van der Waals surface area contributed by atoms with Crippen molar-refractivity contribution < 1.29 is 8.42 Å². The fourth-order valence-electron chi connectivity index (χ4n) is 2.49. The van der Waals surface area contributed by atoms with E-state index in [0.717, 1.165) is 56.1 Å². The van der Waals surface area contributed by atoms with Crippen molar-refractivity contribution in [1.82, 2.24) is 19.6 Å². The van der Waals surface area contributed by atoms with E-state index in [0.29, 0.717) is 6.54 Å². The van der Waals surface area contributed by atoms with Crippen molar-refractivity contribution in [2.24, 2.45) is 4.99 Å². The molecular weight excluding hydrogens is 487 g/mol. The standard InChI is InChI=1S/C15H28N6O2S2.HI/c1-4-13-18-15(24-19-13)21-10-8-20(9-11-21)14(16-5-2)17-7-12-25(22,23)6-3;/h4-12H2,1-3H3,(H,16,17);1H. The second kappa shape index (κ2) is 11.2. The lowest BCUT2D eigenvalue weighted by Crippen LogP contribution is -2.52. The van der Waals surface area contributed by atoms with Gasteiger partial charge in [0.2, 0.25) is 5.13 Å². The number of rotatable bonds is 7. The summed E-state index contributed by atoms with van der Waals surface area (Å²) < 4.78 is 27.6. The lowest BCUT2D eigenvalue weighted by molar-refractivity contribution is 0.372. The normalized spacial score (nSPS) is 15.7. The molecule has 1 N–H and O–H groups in total. The number of hydrogen-bond donors (Lipinski definition) is 1. The van der Waals surface area contributed by atoms with Crippen molar-refractivity contribution in [1.29, 1.82) is 0 Å².